The number of para-hydroxylation sites is 1. The van der Waals surface area contributed by atoms with Gasteiger partial charge in [-0.05, 0) is 87.1 Å². The number of benzene rings is 2. The molecule has 2 amide bonds. The van der Waals surface area contributed by atoms with Crippen LogP contribution in [0, 0.1) is 5.82 Å². The predicted octanol–water partition coefficient (Wildman–Crippen LogP) is 5.84. The van der Waals surface area contributed by atoms with E-state index in [4.69, 9.17) is 17.0 Å². The van der Waals surface area contributed by atoms with Crippen LogP contribution in [0.15, 0.2) is 60.2 Å². The number of carbonyl (C=O) groups is 2. The summed E-state index contributed by atoms with van der Waals surface area (Å²) >= 11 is 5.66. The number of allylic oxidation sites excluding steroid dienone is 1. The topological polar surface area (TPSA) is 61.9 Å². The highest BCUT2D eigenvalue weighted by Gasteiger charge is 2.44. The van der Waals surface area contributed by atoms with Crippen LogP contribution in [0.4, 0.5) is 15.8 Å². The molecule has 1 aliphatic heterocycles. The summed E-state index contributed by atoms with van der Waals surface area (Å²) in [5.41, 5.74) is 2.07. The molecule has 1 saturated heterocycles. The zero-order valence-electron chi connectivity index (χ0n) is 20.5. The van der Waals surface area contributed by atoms with Crippen LogP contribution >= 0.6 is 12.2 Å². The van der Waals surface area contributed by atoms with Gasteiger partial charge in [0.25, 0.3) is 5.91 Å². The minimum atomic E-state index is -0.798. The van der Waals surface area contributed by atoms with E-state index in [-0.39, 0.29) is 29.0 Å². The molecule has 1 N–H and O–H groups in total. The number of anilines is 2. The van der Waals surface area contributed by atoms with E-state index in [0.717, 1.165) is 37.9 Å². The van der Waals surface area contributed by atoms with Crippen LogP contribution in [0.3, 0.4) is 0 Å². The maximum atomic E-state index is 14.6. The molecular weight excluding hydrogens is 477 g/mol. The minimum Gasteiger partial charge on any atom is -0.494 e. The Morgan fingerprint density at radius 1 is 1.17 bits per heavy atom. The van der Waals surface area contributed by atoms with Crippen molar-refractivity contribution >= 4 is 40.5 Å². The minimum absolute atomic E-state index is 0.0863. The van der Waals surface area contributed by atoms with E-state index in [1.54, 1.807) is 41.3 Å². The van der Waals surface area contributed by atoms with E-state index < -0.39 is 11.9 Å². The number of rotatable bonds is 10. The van der Waals surface area contributed by atoms with Gasteiger partial charge in [0.1, 0.15) is 17.6 Å². The number of amides is 2. The van der Waals surface area contributed by atoms with Crippen molar-refractivity contribution in [2.75, 3.05) is 23.4 Å². The Bertz CT molecular complexity index is 1140. The summed E-state index contributed by atoms with van der Waals surface area (Å²) in [7, 11) is 0. The van der Waals surface area contributed by atoms with Gasteiger partial charge in [0.2, 0.25) is 5.91 Å². The average molecular weight is 510 g/mol. The van der Waals surface area contributed by atoms with Gasteiger partial charge in [0.15, 0.2) is 5.11 Å². The lowest BCUT2D eigenvalue weighted by atomic mass is 9.97. The zero-order chi connectivity index (χ0) is 25.5. The third kappa shape index (κ3) is 6.10. The Morgan fingerprint density at radius 3 is 2.64 bits per heavy atom. The highest BCUT2D eigenvalue weighted by molar-refractivity contribution is 7.80. The quantitative estimate of drug-likeness (QED) is 0.322. The number of carbonyl (C=O) groups excluding carboxylic acids is 2. The van der Waals surface area contributed by atoms with Crippen LogP contribution in [-0.4, -0.2) is 41.0 Å². The number of nitrogens with one attached hydrogen (secondary N) is 1. The van der Waals surface area contributed by atoms with Crippen molar-refractivity contribution < 1.29 is 18.7 Å². The normalized spacial score (nSPS) is 17.8. The van der Waals surface area contributed by atoms with Crippen LogP contribution in [0.1, 0.15) is 51.9 Å². The molecule has 0 unspecified atom stereocenters. The second-order valence-corrected chi connectivity index (χ2v) is 9.47. The fraction of sp³-hybridized carbons (Fsp3) is 0.393. The lowest BCUT2D eigenvalue weighted by Crippen LogP contribution is -2.38. The first-order chi connectivity index (χ1) is 17.5. The summed E-state index contributed by atoms with van der Waals surface area (Å²) in [6.07, 6.45) is 8.29. The second-order valence-electron chi connectivity index (χ2n) is 9.10. The van der Waals surface area contributed by atoms with Gasteiger partial charge in [-0.25, -0.2) is 4.39 Å². The van der Waals surface area contributed by atoms with Crippen LogP contribution in [-0.2, 0) is 9.59 Å². The molecule has 0 radical (unpaired) electrons. The molecule has 2 aromatic carbocycles. The maximum absolute atomic E-state index is 14.6. The summed E-state index contributed by atoms with van der Waals surface area (Å²) in [6, 6.07) is 12.4. The van der Waals surface area contributed by atoms with E-state index in [1.807, 2.05) is 6.92 Å². The first-order valence-electron chi connectivity index (χ1n) is 12.6. The molecule has 0 bridgehead atoms. The SMILES string of the molecule is CCCOc1ccc(NC(=O)C[C@H]2C(=O)N(c3ccccc3F)C(=S)N2CCC2=CCCCC2)cc1. The van der Waals surface area contributed by atoms with E-state index >= 15 is 0 Å². The second kappa shape index (κ2) is 12.1. The van der Waals surface area contributed by atoms with Crippen molar-refractivity contribution in [2.24, 2.45) is 0 Å². The number of nitrogens with zero attached hydrogens (tertiary/aromatic N) is 2. The van der Waals surface area contributed by atoms with E-state index in [0.29, 0.717) is 18.8 Å². The van der Waals surface area contributed by atoms with Crippen molar-refractivity contribution in [3.8, 4) is 5.75 Å². The highest BCUT2D eigenvalue weighted by atomic mass is 32.1. The van der Waals surface area contributed by atoms with Gasteiger partial charge < -0.3 is 15.0 Å². The van der Waals surface area contributed by atoms with Crippen LogP contribution in [0.5, 0.6) is 5.75 Å². The zero-order valence-corrected chi connectivity index (χ0v) is 21.4. The third-order valence-electron chi connectivity index (χ3n) is 6.46. The molecule has 1 aliphatic carbocycles. The number of hydrogen-bond donors (Lipinski definition) is 1. The Labute approximate surface area is 217 Å². The molecule has 0 spiro atoms. The molecule has 36 heavy (non-hydrogen) atoms. The molecule has 190 valence electrons. The Morgan fingerprint density at radius 2 is 1.94 bits per heavy atom. The largest absolute Gasteiger partial charge is 0.494 e. The Balaban J connectivity index is 1.49. The summed E-state index contributed by atoms with van der Waals surface area (Å²) in [6.45, 7) is 3.16. The molecule has 0 saturated carbocycles. The molecule has 1 heterocycles. The average Bonchev–Trinajstić information content (AvgIpc) is 3.11. The van der Waals surface area contributed by atoms with E-state index in [1.165, 1.54) is 29.0 Å². The molecule has 1 atom stereocenters. The number of halogens is 1. The van der Waals surface area contributed by atoms with Crippen molar-refractivity contribution in [2.45, 2.75) is 57.9 Å². The molecule has 1 fully saturated rings. The molecule has 8 heteroatoms. The molecule has 2 aromatic rings. The van der Waals surface area contributed by atoms with E-state index in [2.05, 4.69) is 11.4 Å². The van der Waals surface area contributed by atoms with Gasteiger partial charge in [-0.15, -0.1) is 0 Å². The molecule has 2 aliphatic rings. The van der Waals surface area contributed by atoms with E-state index in [9.17, 15) is 14.0 Å². The third-order valence-corrected chi connectivity index (χ3v) is 6.88. The predicted molar refractivity (Wildman–Crippen MR) is 144 cm³/mol. The number of ether oxygens (including phenoxy) is 1. The fourth-order valence-electron chi connectivity index (χ4n) is 4.58. The Kier molecular flexibility index (Phi) is 8.70. The van der Waals surface area contributed by atoms with Crippen molar-refractivity contribution in [1.29, 1.82) is 0 Å². The first-order valence-corrected chi connectivity index (χ1v) is 13.0. The Hall–Kier alpha value is -3.26. The van der Waals surface area contributed by atoms with Gasteiger partial charge in [-0.2, -0.15) is 0 Å². The summed E-state index contributed by atoms with van der Waals surface area (Å²) in [5.74, 6) is -0.495. The molecule has 4 rings (SSSR count). The van der Waals surface area contributed by atoms with Gasteiger partial charge in [-0.3, -0.25) is 14.5 Å². The van der Waals surface area contributed by atoms with Crippen molar-refractivity contribution in [3.63, 3.8) is 0 Å². The van der Waals surface area contributed by atoms with Gasteiger partial charge >= 0.3 is 0 Å². The lowest BCUT2D eigenvalue weighted by Gasteiger charge is -2.25. The van der Waals surface area contributed by atoms with Crippen LogP contribution < -0.4 is 15.0 Å². The smallest absolute Gasteiger partial charge is 0.256 e. The lowest BCUT2D eigenvalue weighted by molar-refractivity contribution is -0.124. The molecule has 0 aromatic heterocycles. The van der Waals surface area contributed by atoms with Gasteiger partial charge in [0.05, 0.1) is 18.7 Å². The summed E-state index contributed by atoms with van der Waals surface area (Å²) < 4.78 is 20.2. The highest BCUT2D eigenvalue weighted by Crippen LogP contribution is 2.31. The fourth-order valence-corrected chi connectivity index (χ4v) is 4.99. The first kappa shape index (κ1) is 25.8. The van der Waals surface area contributed by atoms with Crippen LogP contribution in [0.25, 0.3) is 0 Å². The summed E-state index contributed by atoms with van der Waals surface area (Å²) in [5, 5.41) is 3.09. The van der Waals surface area contributed by atoms with Crippen molar-refractivity contribution in [3.05, 3.63) is 66.0 Å². The molecular formula is C28H32FN3O3S. The standard InChI is InChI=1S/C28H32FN3O3S/c1-2-18-35-22-14-12-21(13-15-22)30-26(33)19-25-27(34)32(24-11-7-6-10-23(24)29)28(36)31(25)17-16-20-8-4-3-5-9-20/h6-8,10-15,25H,2-5,9,16-19H2,1H3,(H,30,33)/t25-/m0/s1. The summed E-state index contributed by atoms with van der Waals surface area (Å²) in [4.78, 5) is 29.5. The van der Waals surface area contributed by atoms with Gasteiger partial charge in [0, 0.05) is 12.2 Å². The number of hydrogen-bond acceptors (Lipinski definition) is 4. The number of thiocarbonyl (C=S) groups is 1. The monoisotopic (exact) mass is 509 g/mol. The van der Waals surface area contributed by atoms with Crippen molar-refractivity contribution in [1.82, 2.24) is 4.90 Å². The van der Waals surface area contributed by atoms with Crippen LogP contribution in [0.2, 0.25) is 0 Å². The van der Waals surface area contributed by atoms with Gasteiger partial charge in [-0.1, -0.05) is 30.7 Å². The molecule has 6 nitrogen and oxygen atoms in total. The maximum Gasteiger partial charge on any atom is 0.256 e.